The third kappa shape index (κ3) is 1.48. The molecule has 60 valence electrons. The van der Waals surface area contributed by atoms with Gasteiger partial charge in [-0.2, -0.15) is 0 Å². The van der Waals surface area contributed by atoms with Gasteiger partial charge in [-0.3, -0.25) is 0 Å². The molecule has 10 heavy (non-hydrogen) atoms. The molecule has 0 aliphatic heterocycles. The van der Waals surface area contributed by atoms with Crippen molar-refractivity contribution in [2.45, 2.75) is 38.9 Å². The standard InChI is InChI=1S/C8H16FN/c1-5-3-6(2)8(9)7(10)4-5/h5-8H,3-4,10H2,1-2H3/t5-,6+,7+,8+/m1/s1. The molecular formula is C8H16FN. The normalized spacial score (nSPS) is 49.2. The highest BCUT2D eigenvalue weighted by molar-refractivity contribution is 4.85. The van der Waals surface area contributed by atoms with Gasteiger partial charge in [0, 0.05) is 6.04 Å². The Morgan fingerprint density at radius 3 is 2.40 bits per heavy atom. The van der Waals surface area contributed by atoms with Crippen LogP contribution in [0.2, 0.25) is 0 Å². The van der Waals surface area contributed by atoms with Crippen molar-refractivity contribution in [2.75, 3.05) is 0 Å². The summed E-state index contributed by atoms with van der Waals surface area (Å²) in [4.78, 5) is 0. The van der Waals surface area contributed by atoms with Crippen molar-refractivity contribution in [1.82, 2.24) is 0 Å². The van der Waals surface area contributed by atoms with Crippen LogP contribution in [0.4, 0.5) is 4.39 Å². The van der Waals surface area contributed by atoms with E-state index in [-0.39, 0.29) is 12.0 Å². The van der Waals surface area contributed by atoms with Gasteiger partial charge in [0.05, 0.1) is 0 Å². The second kappa shape index (κ2) is 2.87. The molecule has 1 aliphatic carbocycles. The zero-order chi connectivity index (χ0) is 7.72. The Labute approximate surface area is 61.8 Å². The number of alkyl halides is 1. The van der Waals surface area contributed by atoms with Crippen molar-refractivity contribution in [3.05, 3.63) is 0 Å². The second-order valence-electron chi connectivity index (χ2n) is 3.66. The van der Waals surface area contributed by atoms with Gasteiger partial charge in [-0.25, -0.2) is 4.39 Å². The number of hydrogen-bond donors (Lipinski definition) is 1. The van der Waals surface area contributed by atoms with E-state index in [4.69, 9.17) is 5.73 Å². The molecule has 0 radical (unpaired) electrons. The molecule has 1 rings (SSSR count). The van der Waals surface area contributed by atoms with E-state index in [0.29, 0.717) is 5.92 Å². The zero-order valence-electron chi connectivity index (χ0n) is 6.68. The monoisotopic (exact) mass is 145 g/mol. The maximum Gasteiger partial charge on any atom is 0.118 e. The molecule has 0 aromatic rings. The van der Waals surface area contributed by atoms with E-state index in [1.54, 1.807) is 0 Å². The van der Waals surface area contributed by atoms with Crippen LogP contribution in [0.15, 0.2) is 0 Å². The lowest BCUT2D eigenvalue weighted by atomic mass is 9.79. The van der Waals surface area contributed by atoms with Crippen LogP contribution >= 0.6 is 0 Å². The molecule has 0 unspecified atom stereocenters. The molecule has 1 fully saturated rings. The molecule has 0 saturated heterocycles. The molecule has 0 spiro atoms. The summed E-state index contributed by atoms with van der Waals surface area (Å²) in [6.07, 6.45) is 1.08. The van der Waals surface area contributed by atoms with Crippen LogP contribution in [0.25, 0.3) is 0 Å². The van der Waals surface area contributed by atoms with Crippen LogP contribution in [-0.2, 0) is 0 Å². The number of rotatable bonds is 0. The van der Waals surface area contributed by atoms with Gasteiger partial charge in [0.15, 0.2) is 0 Å². The Kier molecular flexibility index (Phi) is 2.29. The van der Waals surface area contributed by atoms with Gasteiger partial charge in [-0.15, -0.1) is 0 Å². The largest absolute Gasteiger partial charge is 0.325 e. The van der Waals surface area contributed by atoms with E-state index in [2.05, 4.69) is 6.92 Å². The Hall–Kier alpha value is -0.110. The molecule has 1 aliphatic rings. The molecule has 4 atom stereocenters. The smallest absolute Gasteiger partial charge is 0.118 e. The van der Waals surface area contributed by atoms with Gasteiger partial charge in [0.2, 0.25) is 0 Å². The van der Waals surface area contributed by atoms with Gasteiger partial charge in [0.25, 0.3) is 0 Å². The van der Waals surface area contributed by atoms with Crippen LogP contribution in [0.5, 0.6) is 0 Å². The molecule has 0 aromatic carbocycles. The van der Waals surface area contributed by atoms with E-state index in [9.17, 15) is 4.39 Å². The highest BCUT2D eigenvalue weighted by Gasteiger charge is 2.31. The first kappa shape index (κ1) is 7.99. The summed E-state index contributed by atoms with van der Waals surface area (Å²) in [5.74, 6) is 0.774. The van der Waals surface area contributed by atoms with E-state index in [1.165, 1.54) is 0 Å². The van der Waals surface area contributed by atoms with Gasteiger partial charge in [-0.1, -0.05) is 13.8 Å². The Balaban J connectivity index is 2.49. The highest BCUT2D eigenvalue weighted by Crippen LogP contribution is 2.29. The first-order chi connectivity index (χ1) is 4.61. The SMILES string of the molecule is C[C@@H]1C[C@H](C)[C@H](F)[C@@H](N)C1. The molecule has 2 heteroatoms. The molecule has 0 heterocycles. The summed E-state index contributed by atoms with van der Waals surface area (Å²) in [6, 6.07) is -0.209. The third-order valence-corrected chi connectivity index (χ3v) is 2.40. The fourth-order valence-electron chi connectivity index (χ4n) is 1.88. The topological polar surface area (TPSA) is 26.0 Å². The van der Waals surface area contributed by atoms with Crippen LogP contribution < -0.4 is 5.73 Å². The molecular weight excluding hydrogens is 129 g/mol. The van der Waals surface area contributed by atoms with E-state index < -0.39 is 6.17 Å². The third-order valence-electron chi connectivity index (χ3n) is 2.40. The first-order valence-corrected chi connectivity index (χ1v) is 4.01. The van der Waals surface area contributed by atoms with Crippen LogP contribution in [0.3, 0.4) is 0 Å². The average Bonchev–Trinajstić information content (AvgIpc) is 1.82. The lowest BCUT2D eigenvalue weighted by molar-refractivity contribution is 0.122. The lowest BCUT2D eigenvalue weighted by Gasteiger charge is -2.32. The lowest BCUT2D eigenvalue weighted by Crippen LogP contribution is -2.42. The maximum atomic E-state index is 13.0. The Morgan fingerprint density at radius 1 is 1.30 bits per heavy atom. The molecule has 1 nitrogen and oxygen atoms in total. The van der Waals surface area contributed by atoms with E-state index >= 15 is 0 Å². The summed E-state index contributed by atoms with van der Waals surface area (Å²) >= 11 is 0. The Bertz CT molecular complexity index is 104. The molecule has 0 amide bonds. The van der Waals surface area contributed by atoms with Crippen LogP contribution in [-0.4, -0.2) is 12.2 Å². The number of hydrogen-bond acceptors (Lipinski definition) is 1. The molecule has 1 saturated carbocycles. The minimum atomic E-state index is -0.767. The summed E-state index contributed by atoms with van der Waals surface area (Å²) in [5.41, 5.74) is 5.58. The van der Waals surface area contributed by atoms with Gasteiger partial charge >= 0.3 is 0 Å². The van der Waals surface area contributed by atoms with Gasteiger partial charge in [-0.05, 0) is 24.7 Å². The summed E-state index contributed by atoms with van der Waals surface area (Å²) in [5, 5.41) is 0. The minimum absolute atomic E-state index is 0.166. The summed E-state index contributed by atoms with van der Waals surface area (Å²) < 4.78 is 13.0. The second-order valence-corrected chi connectivity index (χ2v) is 3.66. The number of halogens is 1. The van der Waals surface area contributed by atoms with Crippen molar-refractivity contribution >= 4 is 0 Å². The van der Waals surface area contributed by atoms with Crippen molar-refractivity contribution in [1.29, 1.82) is 0 Å². The molecule has 2 N–H and O–H groups in total. The zero-order valence-corrected chi connectivity index (χ0v) is 6.68. The van der Waals surface area contributed by atoms with Crippen molar-refractivity contribution in [3.63, 3.8) is 0 Å². The van der Waals surface area contributed by atoms with Gasteiger partial charge < -0.3 is 5.73 Å². The maximum absolute atomic E-state index is 13.0. The quantitative estimate of drug-likeness (QED) is 0.552. The average molecular weight is 145 g/mol. The van der Waals surface area contributed by atoms with Crippen molar-refractivity contribution in [3.8, 4) is 0 Å². The van der Waals surface area contributed by atoms with Crippen LogP contribution in [0, 0.1) is 11.8 Å². The van der Waals surface area contributed by atoms with Crippen molar-refractivity contribution < 1.29 is 4.39 Å². The first-order valence-electron chi connectivity index (χ1n) is 4.01. The minimum Gasteiger partial charge on any atom is -0.325 e. The van der Waals surface area contributed by atoms with E-state index in [1.807, 2.05) is 6.92 Å². The van der Waals surface area contributed by atoms with Crippen molar-refractivity contribution in [2.24, 2.45) is 17.6 Å². The predicted octanol–water partition coefficient (Wildman–Crippen LogP) is 1.72. The van der Waals surface area contributed by atoms with Crippen LogP contribution in [0.1, 0.15) is 26.7 Å². The Morgan fingerprint density at radius 2 is 1.90 bits per heavy atom. The van der Waals surface area contributed by atoms with E-state index in [0.717, 1.165) is 12.8 Å². The molecule has 0 bridgehead atoms. The predicted molar refractivity (Wildman–Crippen MR) is 40.4 cm³/mol. The highest BCUT2D eigenvalue weighted by atomic mass is 19.1. The number of nitrogens with two attached hydrogens (primary N) is 1. The summed E-state index contributed by atoms with van der Waals surface area (Å²) in [7, 11) is 0. The fourth-order valence-corrected chi connectivity index (χ4v) is 1.88. The summed E-state index contributed by atoms with van der Waals surface area (Å²) in [6.45, 7) is 4.09. The molecule has 0 aromatic heterocycles. The fraction of sp³-hybridized carbons (Fsp3) is 1.00. The van der Waals surface area contributed by atoms with Gasteiger partial charge in [0.1, 0.15) is 6.17 Å².